The maximum atomic E-state index is 11.8. The minimum Gasteiger partial charge on any atom is -0.497 e. The molecule has 17 heavy (non-hydrogen) atoms. The molecule has 0 spiro atoms. The molecule has 1 aromatic carbocycles. The fraction of sp³-hybridized carbons (Fsp3) is 0.462. The van der Waals surface area contributed by atoms with Gasteiger partial charge in [-0.05, 0) is 37.6 Å². The molecule has 0 aliphatic heterocycles. The zero-order valence-corrected chi connectivity index (χ0v) is 10.6. The fourth-order valence-electron chi connectivity index (χ4n) is 1.51. The quantitative estimate of drug-likeness (QED) is 0.738. The van der Waals surface area contributed by atoms with Crippen LogP contribution in [0.25, 0.3) is 0 Å². The van der Waals surface area contributed by atoms with Crippen LogP contribution in [0.2, 0.25) is 0 Å². The van der Waals surface area contributed by atoms with E-state index in [1.807, 2.05) is 6.92 Å². The molecule has 1 rings (SSSR count). The third-order valence-corrected chi connectivity index (χ3v) is 2.36. The van der Waals surface area contributed by atoms with Crippen LogP contribution in [-0.4, -0.2) is 32.9 Å². The van der Waals surface area contributed by atoms with Crippen molar-refractivity contribution in [3.05, 3.63) is 29.3 Å². The van der Waals surface area contributed by atoms with Crippen LogP contribution in [-0.2, 0) is 9.47 Å². The molecule has 1 atom stereocenters. The molecule has 0 bridgehead atoms. The first-order chi connectivity index (χ1) is 8.08. The summed E-state index contributed by atoms with van der Waals surface area (Å²) >= 11 is 0. The van der Waals surface area contributed by atoms with Gasteiger partial charge in [-0.2, -0.15) is 0 Å². The fourth-order valence-corrected chi connectivity index (χ4v) is 1.51. The molecule has 94 valence electrons. The molecule has 0 amide bonds. The molecule has 0 heterocycles. The molecule has 0 saturated carbocycles. The van der Waals surface area contributed by atoms with Crippen molar-refractivity contribution in [3.63, 3.8) is 0 Å². The molecule has 0 fully saturated rings. The molecule has 4 heteroatoms. The zero-order valence-electron chi connectivity index (χ0n) is 10.6. The van der Waals surface area contributed by atoms with Gasteiger partial charge >= 0.3 is 5.97 Å². The Morgan fingerprint density at radius 1 is 1.35 bits per heavy atom. The number of esters is 1. The number of ether oxygens (including phenoxy) is 3. The third kappa shape index (κ3) is 3.75. The molecule has 1 aromatic rings. The minimum atomic E-state index is -0.338. The number of benzene rings is 1. The number of methoxy groups -OCH3 is 2. The second-order valence-electron chi connectivity index (χ2n) is 3.85. The van der Waals surface area contributed by atoms with E-state index in [4.69, 9.17) is 14.2 Å². The minimum absolute atomic E-state index is 0.256. The maximum Gasteiger partial charge on any atom is 0.338 e. The first kappa shape index (κ1) is 13.5. The molecule has 0 aliphatic rings. The van der Waals surface area contributed by atoms with Gasteiger partial charge in [-0.3, -0.25) is 0 Å². The highest BCUT2D eigenvalue weighted by molar-refractivity contribution is 5.91. The lowest BCUT2D eigenvalue weighted by Crippen LogP contribution is -2.20. The highest BCUT2D eigenvalue weighted by Gasteiger charge is 2.14. The Bertz CT molecular complexity index is 387. The Hall–Kier alpha value is -1.55. The predicted octanol–water partition coefficient (Wildman–Crippen LogP) is 2.20. The summed E-state index contributed by atoms with van der Waals surface area (Å²) < 4.78 is 15.2. The van der Waals surface area contributed by atoms with Crippen molar-refractivity contribution in [2.45, 2.75) is 20.0 Å². The second-order valence-corrected chi connectivity index (χ2v) is 3.85. The monoisotopic (exact) mass is 238 g/mol. The van der Waals surface area contributed by atoms with Crippen LogP contribution in [0.15, 0.2) is 18.2 Å². The normalized spacial score (nSPS) is 12.0. The van der Waals surface area contributed by atoms with Crippen LogP contribution in [0.5, 0.6) is 5.75 Å². The number of carbonyl (C=O) groups is 1. The highest BCUT2D eigenvalue weighted by atomic mass is 16.6. The maximum absolute atomic E-state index is 11.8. The number of aryl methyl sites for hydroxylation is 1. The Kier molecular flexibility index (Phi) is 4.97. The molecule has 0 radical (unpaired) electrons. The highest BCUT2D eigenvalue weighted by Crippen LogP contribution is 2.18. The Morgan fingerprint density at radius 3 is 2.59 bits per heavy atom. The van der Waals surface area contributed by atoms with Crippen molar-refractivity contribution in [1.29, 1.82) is 0 Å². The van der Waals surface area contributed by atoms with E-state index in [1.54, 1.807) is 39.3 Å². The Morgan fingerprint density at radius 2 is 2.06 bits per heavy atom. The average Bonchev–Trinajstić information content (AvgIpc) is 2.28. The Labute approximate surface area is 101 Å². The first-order valence-corrected chi connectivity index (χ1v) is 5.43. The lowest BCUT2D eigenvalue weighted by molar-refractivity contribution is 0.0119. The molecule has 4 nitrogen and oxygen atoms in total. The lowest BCUT2D eigenvalue weighted by Gasteiger charge is -2.13. The molecule has 0 aromatic heterocycles. The predicted molar refractivity (Wildman–Crippen MR) is 64.5 cm³/mol. The molecular formula is C13H18O4. The summed E-state index contributed by atoms with van der Waals surface area (Å²) in [6.45, 7) is 4.03. The number of hydrogen-bond donors (Lipinski definition) is 0. The van der Waals surface area contributed by atoms with E-state index < -0.39 is 0 Å². The van der Waals surface area contributed by atoms with Crippen LogP contribution in [0.1, 0.15) is 22.8 Å². The van der Waals surface area contributed by atoms with Gasteiger partial charge in [0.15, 0.2) is 0 Å². The summed E-state index contributed by atoms with van der Waals surface area (Å²) in [6, 6.07) is 5.25. The van der Waals surface area contributed by atoms with Crippen LogP contribution in [0.4, 0.5) is 0 Å². The molecular weight excluding hydrogens is 220 g/mol. The van der Waals surface area contributed by atoms with Crippen molar-refractivity contribution in [3.8, 4) is 5.75 Å². The van der Waals surface area contributed by atoms with Gasteiger partial charge < -0.3 is 14.2 Å². The standard InChI is InChI=1S/C13H18O4/c1-9-7-11(16-4)5-6-12(9)13(14)17-10(2)8-15-3/h5-7,10H,8H2,1-4H3. The number of rotatable bonds is 5. The molecule has 0 N–H and O–H groups in total. The van der Waals surface area contributed by atoms with E-state index in [-0.39, 0.29) is 12.1 Å². The summed E-state index contributed by atoms with van der Waals surface area (Å²) in [5.74, 6) is 0.388. The van der Waals surface area contributed by atoms with E-state index in [9.17, 15) is 4.79 Å². The lowest BCUT2D eigenvalue weighted by atomic mass is 10.1. The van der Waals surface area contributed by atoms with Crippen LogP contribution >= 0.6 is 0 Å². The van der Waals surface area contributed by atoms with E-state index >= 15 is 0 Å². The Balaban J connectivity index is 2.75. The van der Waals surface area contributed by atoms with Crippen molar-refractivity contribution in [1.82, 2.24) is 0 Å². The van der Waals surface area contributed by atoms with Gasteiger partial charge in [0.2, 0.25) is 0 Å². The number of carbonyl (C=O) groups excluding carboxylic acids is 1. The summed E-state index contributed by atoms with van der Waals surface area (Å²) in [7, 11) is 3.16. The van der Waals surface area contributed by atoms with Crippen molar-refractivity contribution in [2.75, 3.05) is 20.8 Å². The summed E-state index contributed by atoms with van der Waals surface area (Å²) in [5.41, 5.74) is 1.38. The van der Waals surface area contributed by atoms with Gasteiger partial charge in [0.05, 0.1) is 19.3 Å². The summed E-state index contributed by atoms with van der Waals surface area (Å²) in [4.78, 5) is 11.8. The first-order valence-electron chi connectivity index (χ1n) is 5.43. The van der Waals surface area contributed by atoms with Crippen molar-refractivity contribution < 1.29 is 19.0 Å². The van der Waals surface area contributed by atoms with Gasteiger partial charge in [0.25, 0.3) is 0 Å². The van der Waals surface area contributed by atoms with E-state index in [2.05, 4.69) is 0 Å². The molecule has 0 aliphatic carbocycles. The van der Waals surface area contributed by atoms with Gasteiger partial charge in [-0.15, -0.1) is 0 Å². The summed E-state index contributed by atoms with van der Waals surface area (Å²) in [5, 5.41) is 0. The zero-order chi connectivity index (χ0) is 12.8. The second kappa shape index (κ2) is 6.25. The smallest absolute Gasteiger partial charge is 0.338 e. The number of hydrogen-bond acceptors (Lipinski definition) is 4. The van der Waals surface area contributed by atoms with Gasteiger partial charge in [0.1, 0.15) is 11.9 Å². The van der Waals surface area contributed by atoms with Crippen LogP contribution < -0.4 is 4.74 Å². The van der Waals surface area contributed by atoms with Gasteiger partial charge in [0, 0.05) is 7.11 Å². The van der Waals surface area contributed by atoms with Gasteiger partial charge in [-0.25, -0.2) is 4.79 Å². The molecule has 0 saturated heterocycles. The van der Waals surface area contributed by atoms with Crippen molar-refractivity contribution >= 4 is 5.97 Å². The molecule has 1 unspecified atom stereocenters. The van der Waals surface area contributed by atoms with Crippen LogP contribution in [0.3, 0.4) is 0 Å². The van der Waals surface area contributed by atoms with Crippen molar-refractivity contribution in [2.24, 2.45) is 0 Å². The van der Waals surface area contributed by atoms with Crippen LogP contribution in [0, 0.1) is 6.92 Å². The SMILES string of the molecule is COCC(C)OC(=O)c1ccc(OC)cc1C. The largest absolute Gasteiger partial charge is 0.497 e. The van der Waals surface area contributed by atoms with E-state index in [0.717, 1.165) is 11.3 Å². The van der Waals surface area contributed by atoms with Gasteiger partial charge in [-0.1, -0.05) is 0 Å². The average molecular weight is 238 g/mol. The summed E-state index contributed by atoms with van der Waals surface area (Å²) in [6.07, 6.45) is -0.256. The third-order valence-electron chi connectivity index (χ3n) is 2.36. The van der Waals surface area contributed by atoms with E-state index in [0.29, 0.717) is 12.2 Å². The topological polar surface area (TPSA) is 44.8 Å². The van der Waals surface area contributed by atoms with E-state index in [1.165, 1.54) is 0 Å².